The third-order valence-electron chi connectivity index (χ3n) is 1.62. The second kappa shape index (κ2) is 13.1. The highest BCUT2D eigenvalue weighted by Crippen LogP contribution is 1.83. The third-order valence-corrected chi connectivity index (χ3v) is 1.62. The van der Waals surface area contributed by atoms with Crippen LogP contribution in [0.15, 0.2) is 12.7 Å². The van der Waals surface area contributed by atoms with Gasteiger partial charge in [0.25, 0.3) is 0 Å². The Labute approximate surface area is 101 Å². The molecule has 100 valence electrons. The number of hydrogen-bond donors (Lipinski definition) is 1. The molecule has 0 fully saturated rings. The van der Waals surface area contributed by atoms with Crippen molar-refractivity contribution in [3.8, 4) is 0 Å². The predicted octanol–water partition coefficient (Wildman–Crippen LogP) is -0.242. The van der Waals surface area contributed by atoms with Crippen molar-refractivity contribution in [3.05, 3.63) is 12.7 Å². The summed E-state index contributed by atoms with van der Waals surface area (Å²) in [6.45, 7) is 5.98. The molecule has 0 radical (unpaired) electrons. The van der Waals surface area contributed by atoms with Crippen molar-refractivity contribution >= 4 is 5.97 Å². The van der Waals surface area contributed by atoms with Crippen LogP contribution in [0, 0.1) is 0 Å². The molecule has 0 aliphatic carbocycles. The van der Waals surface area contributed by atoms with Crippen LogP contribution in [0.25, 0.3) is 0 Å². The molecule has 0 saturated carbocycles. The van der Waals surface area contributed by atoms with Crippen molar-refractivity contribution in [2.45, 2.75) is 0 Å². The van der Waals surface area contributed by atoms with Gasteiger partial charge < -0.3 is 24.1 Å². The summed E-state index contributed by atoms with van der Waals surface area (Å²) in [5.41, 5.74) is 0. The van der Waals surface area contributed by atoms with E-state index < -0.39 is 5.97 Å². The van der Waals surface area contributed by atoms with Crippen molar-refractivity contribution in [3.63, 3.8) is 0 Å². The lowest BCUT2D eigenvalue weighted by Gasteiger charge is -2.06. The molecule has 0 heterocycles. The van der Waals surface area contributed by atoms with Gasteiger partial charge in [-0.2, -0.15) is 0 Å². The van der Waals surface area contributed by atoms with Gasteiger partial charge in [0.15, 0.2) is 0 Å². The molecule has 0 bridgehead atoms. The van der Waals surface area contributed by atoms with Gasteiger partial charge in [-0.3, -0.25) is 0 Å². The van der Waals surface area contributed by atoms with Crippen LogP contribution in [0.4, 0.5) is 0 Å². The van der Waals surface area contributed by atoms with Crippen molar-refractivity contribution in [1.82, 2.24) is 0 Å². The highest BCUT2D eigenvalue weighted by Gasteiger charge is 1.95. The van der Waals surface area contributed by atoms with Crippen molar-refractivity contribution in [2.24, 2.45) is 0 Å². The monoisotopic (exact) mass is 248 g/mol. The summed E-state index contributed by atoms with van der Waals surface area (Å²) < 4.78 is 20.0. The summed E-state index contributed by atoms with van der Waals surface area (Å²) >= 11 is 0. The van der Waals surface area contributed by atoms with E-state index in [0.29, 0.717) is 39.6 Å². The summed E-state index contributed by atoms with van der Waals surface area (Å²) in [4.78, 5) is 10.6. The number of carbonyl (C=O) groups is 1. The summed E-state index contributed by atoms with van der Waals surface area (Å²) in [6.07, 6.45) is 1.11. The van der Waals surface area contributed by atoms with Crippen molar-refractivity contribution in [2.75, 3.05) is 52.9 Å². The SMILES string of the molecule is C=CC(=O)OCCOCCOCCOCCO. The lowest BCUT2D eigenvalue weighted by Crippen LogP contribution is -2.13. The van der Waals surface area contributed by atoms with E-state index >= 15 is 0 Å². The number of esters is 1. The summed E-state index contributed by atoms with van der Waals surface area (Å²) in [7, 11) is 0. The molecule has 0 aliphatic rings. The van der Waals surface area contributed by atoms with E-state index in [9.17, 15) is 4.79 Å². The fourth-order valence-electron chi connectivity index (χ4n) is 0.867. The van der Waals surface area contributed by atoms with Gasteiger partial charge >= 0.3 is 5.97 Å². The molecule has 6 heteroatoms. The van der Waals surface area contributed by atoms with Crippen molar-refractivity contribution < 1.29 is 28.8 Å². The van der Waals surface area contributed by atoms with Crippen LogP contribution in [-0.2, 0) is 23.7 Å². The molecule has 0 spiro atoms. The average Bonchev–Trinajstić information content (AvgIpc) is 2.35. The topological polar surface area (TPSA) is 74.2 Å². The second-order valence-corrected chi connectivity index (χ2v) is 2.93. The summed E-state index contributed by atoms with van der Waals surface area (Å²) in [5.74, 6) is -0.453. The van der Waals surface area contributed by atoms with E-state index in [1.807, 2.05) is 0 Å². The Morgan fingerprint density at radius 3 is 1.88 bits per heavy atom. The minimum atomic E-state index is -0.453. The molecule has 0 aliphatic heterocycles. The van der Waals surface area contributed by atoms with E-state index in [0.717, 1.165) is 6.08 Å². The Balaban J connectivity index is 2.98. The molecule has 17 heavy (non-hydrogen) atoms. The minimum absolute atomic E-state index is 0.0204. The Kier molecular flexibility index (Phi) is 12.4. The number of aliphatic hydroxyl groups is 1. The largest absolute Gasteiger partial charge is 0.460 e. The molecule has 0 unspecified atom stereocenters. The van der Waals surface area contributed by atoms with Gasteiger partial charge in [-0.1, -0.05) is 6.58 Å². The average molecular weight is 248 g/mol. The second-order valence-electron chi connectivity index (χ2n) is 2.93. The third kappa shape index (κ3) is 13.0. The molecule has 0 rings (SSSR count). The minimum Gasteiger partial charge on any atom is -0.460 e. The van der Waals surface area contributed by atoms with Crippen LogP contribution in [0.3, 0.4) is 0 Å². The first-order valence-electron chi connectivity index (χ1n) is 5.44. The Bertz CT molecular complexity index is 194. The Hall–Kier alpha value is -0.950. The molecule has 1 N–H and O–H groups in total. The molecule has 0 saturated heterocycles. The Morgan fingerprint density at radius 1 is 0.941 bits per heavy atom. The summed E-state index contributed by atoms with van der Waals surface area (Å²) in [6, 6.07) is 0. The number of aliphatic hydroxyl groups excluding tert-OH is 1. The van der Waals surface area contributed by atoms with Crippen LogP contribution in [0.2, 0.25) is 0 Å². The predicted molar refractivity (Wildman–Crippen MR) is 60.7 cm³/mol. The molecule has 0 aromatic rings. The van der Waals surface area contributed by atoms with E-state index in [1.165, 1.54) is 0 Å². The fourth-order valence-corrected chi connectivity index (χ4v) is 0.867. The first kappa shape index (κ1) is 16.1. The normalized spacial score (nSPS) is 10.2. The van der Waals surface area contributed by atoms with Crippen LogP contribution in [0.5, 0.6) is 0 Å². The standard InChI is InChI=1S/C11H20O6/c1-2-11(13)17-10-9-16-8-7-15-6-5-14-4-3-12/h2,12H,1,3-10H2. The molecular formula is C11H20O6. The first-order valence-corrected chi connectivity index (χ1v) is 5.44. The van der Waals surface area contributed by atoms with Crippen LogP contribution < -0.4 is 0 Å². The van der Waals surface area contributed by atoms with Gasteiger partial charge in [0.2, 0.25) is 0 Å². The van der Waals surface area contributed by atoms with Crippen LogP contribution >= 0.6 is 0 Å². The zero-order valence-corrected chi connectivity index (χ0v) is 9.93. The fraction of sp³-hybridized carbons (Fsp3) is 0.727. The quantitative estimate of drug-likeness (QED) is 0.292. The lowest BCUT2D eigenvalue weighted by atomic mass is 10.6. The van der Waals surface area contributed by atoms with Crippen molar-refractivity contribution in [1.29, 1.82) is 0 Å². The molecule has 0 atom stereocenters. The molecule has 0 aromatic carbocycles. The van der Waals surface area contributed by atoms with Gasteiger partial charge in [-0.05, 0) is 0 Å². The molecular weight excluding hydrogens is 228 g/mol. The molecule has 0 aromatic heterocycles. The number of carbonyl (C=O) groups excluding carboxylic acids is 1. The highest BCUT2D eigenvalue weighted by molar-refractivity contribution is 5.81. The van der Waals surface area contributed by atoms with Crippen LogP contribution in [0.1, 0.15) is 0 Å². The first-order chi connectivity index (χ1) is 8.31. The van der Waals surface area contributed by atoms with E-state index in [4.69, 9.17) is 24.1 Å². The number of ether oxygens (including phenoxy) is 4. The van der Waals surface area contributed by atoms with Crippen LogP contribution in [-0.4, -0.2) is 63.9 Å². The van der Waals surface area contributed by atoms with E-state index in [-0.39, 0.29) is 13.2 Å². The van der Waals surface area contributed by atoms with Gasteiger partial charge in [-0.25, -0.2) is 4.79 Å². The maximum atomic E-state index is 10.6. The van der Waals surface area contributed by atoms with Gasteiger partial charge in [-0.15, -0.1) is 0 Å². The van der Waals surface area contributed by atoms with E-state index in [1.54, 1.807) is 0 Å². The molecule has 6 nitrogen and oxygen atoms in total. The van der Waals surface area contributed by atoms with Gasteiger partial charge in [0.05, 0.1) is 46.2 Å². The highest BCUT2D eigenvalue weighted by atomic mass is 16.6. The van der Waals surface area contributed by atoms with Gasteiger partial charge in [0, 0.05) is 6.08 Å². The Morgan fingerprint density at radius 2 is 1.41 bits per heavy atom. The van der Waals surface area contributed by atoms with Gasteiger partial charge in [0.1, 0.15) is 6.61 Å². The lowest BCUT2D eigenvalue weighted by molar-refractivity contribution is -0.139. The maximum absolute atomic E-state index is 10.6. The summed E-state index contributed by atoms with van der Waals surface area (Å²) in [5, 5.41) is 8.42. The smallest absolute Gasteiger partial charge is 0.330 e. The molecule has 0 amide bonds. The zero-order chi connectivity index (χ0) is 12.8. The maximum Gasteiger partial charge on any atom is 0.330 e. The zero-order valence-electron chi connectivity index (χ0n) is 9.93. The van der Waals surface area contributed by atoms with E-state index in [2.05, 4.69) is 6.58 Å². The number of hydrogen-bond acceptors (Lipinski definition) is 6. The number of rotatable bonds is 12.